The van der Waals surface area contributed by atoms with Gasteiger partial charge < -0.3 is 18.8 Å². The second kappa shape index (κ2) is 9.43. The molecule has 0 aliphatic rings. The van der Waals surface area contributed by atoms with E-state index in [0.717, 1.165) is 52.5 Å². The highest BCUT2D eigenvalue weighted by molar-refractivity contribution is 5.88. The lowest BCUT2D eigenvalue weighted by Gasteiger charge is -2.11. The van der Waals surface area contributed by atoms with Gasteiger partial charge >= 0.3 is 0 Å². The first kappa shape index (κ1) is 20.6. The zero-order valence-corrected chi connectivity index (χ0v) is 18.2. The Kier molecular flexibility index (Phi) is 6.27. The molecule has 0 spiro atoms. The van der Waals surface area contributed by atoms with Crippen molar-refractivity contribution < 1.29 is 14.2 Å². The topological polar surface area (TPSA) is 32.6 Å². The first-order chi connectivity index (χ1) is 15.2. The Labute approximate surface area is 183 Å². The molecule has 4 nitrogen and oxygen atoms in total. The van der Waals surface area contributed by atoms with Crippen molar-refractivity contribution in [1.82, 2.24) is 4.57 Å². The fraction of sp³-hybridized carbons (Fsp3) is 0.185. The Morgan fingerprint density at radius 1 is 0.548 bits per heavy atom. The van der Waals surface area contributed by atoms with Crippen LogP contribution in [0, 0.1) is 0 Å². The van der Waals surface area contributed by atoms with E-state index < -0.39 is 0 Å². The van der Waals surface area contributed by atoms with E-state index in [9.17, 15) is 0 Å². The lowest BCUT2D eigenvalue weighted by molar-refractivity contribution is 0.408. The van der Waals surface area contributed by atoms with Crippen LogP contribution in [-0.2, 0) is 13.0 Å². The number of aryl methyl sites for hydroxylation is 2. The maximum atomic E-state index is 5.66. The first-order valence-electron chi connectivity index (χ1n) is 10.3. The molecule has 0 saturated carbocycles. The van der Waals surface area contributed by atoms with Crippen LogP contribution in [-0.4, -0.2) is 25.9 Å². The summed E-state index contributed by atoms with van der Waals surface area (Å²) in [5.74, 6) is 2.62. The van der Waals surface area contributed by atoms with Crippen molar-refractivity contribution in [2.45, 2.75) is 13.0 Å². The molecule has 0 saturated heterocycles. The van der Waals surface area contributed by atoms with E-state index >= 15 is 0 Å². The minimum atomic E-state index is 0.831. The molecule has 0 atom stereocenters. The van der Waals surface area contributed by atoms with Crippen LogP contribution < -0.4 is 14.2 Å². The lowest BCUT2D eigenvalue weighted by atomic mass is 9.98. The van der Waals surface area contributed by atoms with Crippen molar-refractivity contribution in [1.29, 1.82) is 0 Å². The number of ether oxygens (including phenoxy) is 3. The number of rotatable bonds is 8. The Bertz CT molecular complexity index is 1100. The van der Waals surface area contributed by atoms with Gasteiger partial charge in [-0.2, -0.15) is 0 Å². The van der Waals surface area contributed by atoms with Crippen molar-refractivity contribution in [3.05, 3.63) is 90.8 Å². The minimum absolute atomic E-state index is 0.831. The molecule has 0 fully saturated rings. The Balaban J connectivity index is 1.77. The second-order valence-electron chi connectivity index (χ2n) is 7.29. The summed E-state index contributed by atoms with van der Waals surface area (Å²) >= 11 is 0. The van der Waals surface area contributed by atoms with Gasteiger partial charge in [0.15, 0.2) is 0 Å². The van der Waals surface area contributed by atoms with Crippen molar-refractivity contribution in [2.75, 3.05) is 21.3 Å². The first-order valence-corrected chi connectivity index (χ1v) is 10.3. The number of nitrogens with zero attached hydrogens (tertiary/aromatic N) is 1. The van der Waals surface area contributed by atoms with E-state index in [2.05, 4.69) is 35.2 Å². The average Bonchev–Trinajstić information content (AvgIpc) is 3.26. The smallest absolute Gasteiger partial charge is 0.126 e. The van der Waals surface area contributed by atoms with Gasteiger partial charge in [-0.3, -0.25) is 0 Å². The van der Waals surface area contributed by atoms with Gasteiger partial charge in [-0.1, -0.05) is 54.6 Å². The van der Waals surface area contributed by atoms with Crippen LogP contribution in [0.3, 0.4) is 0 Å². The third kappa shape index (κ3) is 4.29. The fourth-order valence-electron chi connectivity index (χ4n) is 3.96. The quantitative estimate of drug-likeness (QED) is 0.350. The van der Waals surface area contributed by atoms with Gasteiger partial charge in [-0.15, -0.1) is 0 Å². The highest BCUT2D eigenvalue weighted by atomic mass is 16.5. The van der Waals surface area contributed by atoms with Gasteiger partial charge in [0.05, 0.1) is 21.3 Å². The van der Waals surface area contributed by atoms with E-state index in [4.69, 9.17) is 14.2 Å². The molecule has 4 aromatic rings. The standard InChI is InChI=1S/C27H27NO3/c1-29-25-13-7-4-10-20(25)16-17-28-18-23(21-11-5-8-14-26(21)30-2)24(19-28)22-12-6-9-15-27(22)31-3/h4-15,18-19H,16-17H2,1-3H3. The van der Waals surface area contributed by atoms with Crippen molar-refractivity contribution in [2.24, 2.45) is 0 Å². The molecule has 4 rings (SSSR count). The summed E-state index contributed by atoms with van der Waals surface area (Å²) in [7, 11) is 5.13. The SMILES string of the molecule is COc1ccccc1CCn1cc(-c2ccccc2OC)c(-c2ccccc2OC)c1. The van der Waals surface area contributed by atoms with E-state index in [1.165, 1.54) is 5.56 Å². The van der Waals surface area contributed by atoms with Crippen LogP contribution in [0.2, 0.25) is 0 Å². The summed E-state index contributed by atoms with van der Waals surface area (Å²) < 4.78 is 19.1. The van der Waals surface area contributed by atoms with Crippen molar-refractivity contribution in [3.8, 4) is 39.5 Å². The van der Waals surface area contributed by atoms with Crippen molar-refractivity contribution in [3.63, 3.8) is 0 Å². The summed E-state index contributed by atoms with van der Waals surface area (Å²) in [6.07, 6.45) is 5.25. The summed E-state index contributed by atoms with van der Waals surface area (Å²) in [6.45, 7) is 0.831. The Morgan fingerprint density at radius 3 is 1.52 bits per heavy atom. The third-order valence-corrected chi connectivity index (χ3v) is 5.51. The number of hydrogen-bond acceptors (Lipinski definition) is 3. The van der Waals surface area contributed by atoms with Gasteiger partial charge in [0.2, 0.25) is 0 Å². The molecule has 3 aromatic carbocycles. The highest BCUT2D eigenvalue weighted by Gasteiger charge is 2.17. The predicted molar refractivity (Wildman–Crippen MR) is 125 cm³/mol. The molecule has 1 heterocycles. The molecule has 0 unspecified atom stereocenters. The molecule has 0 N–H and O–H groups in total. The van der Waals surface area contributed by atoms with Crippen molar-refractivity contribution >= 4 is 0 Å². The Morgan fingerprint density at radius 2 is 1.00 bits per heavy atom. The molecular formula is C27H27NO3. The van der Waals surface area contributed by atoms with Gasteiger partial charge in [0, 0.05) is 41.2 Å². The zero-order chi connectivity index (χ0) is 21.6. The van der Waals surface area contributed by atoms with Gasteiger partial charge in [0.1, 0.15) is 17.2 Å². The number of methoxy groups -OCH3 is 3. The third-order valence-electron chi connectivity index (χ3n) is 5.51. The van der Waals surface area contributed by atoms with Gasteiger partial charge in [-0.25, -0.2) is 0 Å². The number of benzene rings is 3. The number of hydrogen-bond donors (Lipinski definition) is 0. The molecule has 0 aliphatic heterocycles. The molecule has 1 aromatic heterocycles. The summed E-state index contributed by atoms with van der Waals surface area (Å²) in [5, 5.41) is 0. The van der Waals surface area contributed by atoms with Crippen LogP contribution in [0.4, 0.5) is 0 Å². The van der Waals surface area contributed by atoms with Gasteiger partial charge in [-0.05, 0) is 30.2 Å². The molecule has 0 radical (unpaired) electrons. The summed E-state index contributed by atoms with van der Waals surface area (Å²) in [4.78, 5) is 0. The van der Waals surface area contributed by atoms with E-state index in [1.807, 2.05) is 54.6 Å². The fourth-order valence-corrected chi connectivity index (χ4v) is 3.96. The molecule has 0 amide bonds. The maximum Gasteiger partial charge on any atom is 0.126 e. The van der Waals surface area contributed by atoms with E-state index in [0.29, 0.717) is 0 Å². The van der Waals surface area contributed by atoms with Gasteiger partial charge in [0.25, 0.3) is 0 Å². The number of para-hydroxylation sites is 3. The largest absolute Gasteiger partial charge is 0.496 e. The highest BCUT2D eigenvalue weighted by Crippen LogP contribution is 2.41. The normalized spacial score (nSPS) is 10.7. The molecule has 158 valence electrons. The minimum Gasteiger partial charge on any atom is -0.496 e. The molecular weight excluding hydrogens is 386 g/mol. The second-order valence-corrected chi connectivity index (χ2v) is 7.29. The molecule has 0 aliphatic carbocycles. The molecule has 4 heteroatoms. The van der Waals surface area contributed by atoms with Crippen LogP contribution in [0.5, 0.6) is 17.2 Å². The number of aromatic nitrogens is 1. The van der Waals surface area contributed by atoms with E-state index in [1.54, 1.807) is 21.3 Å². The van der Waals surface area contributed by atoms with Crippen LogP contribution in [0.25, 0.3) is 22.3 Å². The van der Waals surface area contributed by atoms with E-state index in [-0.39, 0.29) is 0 Å². The average molecular weight is 414 g/mol. The van der Waals surface area contributed by atoms with Crippen LogP contribution >= 0.6 is 0 Å². The predicted octanol–water partition coefficient (Wildman–Crippen LogP) is 6.09. The Hall–Kier alpha value is -3.66. The summed E-state index contributed by atoms with van der Waals surface area (Å²) in [6, 6.07) is 24.4. The molecule has 31 heavy (non-hydrogen) atoms. The zero-order valence-electron chi connectivity index (χ0n) is 18.2. The van der Waals surface area contributed by atoms with Crippen LogP contribution in [0.15, 0.2) is 85.2 Å². The maximum absolute atomic E-state index is 5.66. The summed E-state index contributed by atoms with van der Waals surface area (Å²) in [5.41, 5.74) is 5.53. The monoisotopic (exact) mass is 413 g/mol. The molecule has 0 bridgehead atoms. The van der Waals surface area contributed by atoms with Crippen LogP contribution in [0.1, 0.15) is 5.56 Å². The lowest BCUT2D eigenvalue weighted by Crippen LogP contribution is -2.00.